The number of ether oxygens (including phenoxy) is 1. The number of alkyl halides is 3. The highest BCUT2D eigenvalue weighted by Crippen LogP contribution is 2.33. The smallest absolute Gasteiger partial charge is 0.435 e. The van der Waals surface area contributed by atoms with Crippen LogP contribution in [0.3, 0.4) is 0 Å². The first-order valence-electron chi connectivity index (χ1n) is 15.3. The summed E-state index contributed by atoms with van der Waals surface area (Å²) in [5.74, 6) is -1.20. The molecule has 0 radical (unpaired) electrons. The number of nitrogens with zero attached hydrogens (tertiary/aromatic N) is 6. The zero-order valence-electron chi connectivity index (χ0n) is 26.6. The van der Waals surface area contributed by atoms with Crippen LogP contribution in [-0.4, -0.2) is 76.9 Å². The average Bonchev–Trinajstić information content (AvgIpc) is 3.82. The number of nitrogens with one attached hydrogen (secondary N) is 1. The Hall–Kier alpha value is -5.98. The van der Waals surface area contributed by atoms with Gasteiger partial charge < -0.3 is 14.8 Å². The molecule has 1 atom stereocenters. The molecule has 0 saturated carbocycles. The van der Waals surface area contributed by atoms with E-state index in [4.69, 9.17) is 9.57 Å². The SMILES string of the molecule is Cc1ccc(-c2cc(C(F)(F)F)nn2-c2ccc(S(=O)(=O)NC(=O)OC[C@@H]3CCCN3[N+]([O-])=NOCN3C(=O)c4ccccc4C3=O)cc2)cc1. The van der Waals surface area contributed by atoms with Gasteiger partial charge in [-0.05, 0) is 62.2 Å². The third kappa shape index (κ3) is 7.32. The molecule has 6 rings (SSSR count). The molecule has 0 aliphatic carbocycles. The number of halogens is 3. The fourth-order valence-electron chi connectivity index (χ4n) is 5.53. The van der Waals surface area contributed by atoms with Crippen molar-refractivity contribution in [2.45, 2.75) is 36.9 Å². The highest BCUT2D eigenvalue weighted by atomic mass is 32.2. The zero-order chi connectivity index (χ0) is 36.5. The van der Waals surface area contributed by atoms with E-state index in [0.29, 0.717) is 18.4 Å². The fourth-order valence-corrected chi connectivity index (χ4v) is 6.42. The lowest BCUT2D eigenvalue weighted by Gasteiger charge is -2.20. The van der Waals surface area contributed by atoms with Crippen LogP contribution in [0, 0.1) is 12.1 Å². The summed E-state index contributed by atoms with van der Waals surface area (Å²) in [6.45, 7) is 0.992. The predicted molar refractivity (Wildman–Crippen MR) is 169 cm³/mol. The van der Waals surface area contributed by atoms with Crippen LogP contribution >= 0.6 is 0 Å². The number of rotatable bonds is 10. The van der Waals surface area contributed by atoms with Gasteiger partial charge in [0.1, 0.15) is 12.6 Å². The molecule has 2 aliphatic rings. The van der Waals surface area contributed by atoms with E-state index in [1.165, 1.54) is 24.3 Å². The highest BCUT2D eigenvalue weighted by Gasteiger charge is 2.37. The van der Waals surface area contributed by atoms with E-state index in [1.807, 2.05) is 6.92 Å². The minimum atomic E-state index is -4.73. The lowest BCUT2D eigenvalue weighted by Crippen LogP contribution is -2.40. The third-order valence-corrected chi connectivity index (χ3v) is 9.45. The molecule has 266 valence electrons. The molecule has 2 aliphatic heterocycles. The molecular formula is C32H28F3N7O8S. The van der Waals surface area contributed by atoms with Gasteiger partial charge in [0.2, 0.25) is 12.0 Å². The Balaban J connectivity index is 1.05. The van der Waals surface area contributed by atoms with Crippen molar-refractivity contribution >= 4 is 27.9 Å². The minimum Gasteiger partial charge on any atom is -0.569 e. The average molecular weight is 728 g/mol. The second-order valence-corrected chi connectivity index (χ2v) is 13.2. The van der Waals surface area contributed by atoms with Crippen LogP contribution < -0.4 is 4.72 Å². The largest absolute Gasteiger partial charge is 0.569 e. The van der Waals surface area contributed by atoms with Crippen molar-refractivity contribution in [1.82, 2.24) is 24.4 Å². The number of hydrogen-bond donors (Lipinski definition) is 1. The summed E-state index contributed by atoms with van der Waals surface area (Å²) in [4.78, 5) is 42.9. The molecule has 1 saturated heterocycles. The van der Waals surface area contributed by atoms with Crippen molar-refractivity contribution in [2.75, 3.05) is 19.9 Å². The first-order chi connectivity index (χ1) is 24.2. The van der Waals surface area contributed by atoms with Crippen LogP contribution in [0.5, 0.6) is 0 Å². The number of carbonyl (C=O) groups excluding carboxylic acids is 3. The lowest BCUT2D eigenvalue weighted by atomic mass is 10.1. The normalized spacial score (nSPS) is 16.4. The molecule has 0 bridgehead atoms. The van der Waals surface area contributed by atoms with Gasteiger partial charge in [-0.25, -0.2) is 27.5 Å². The van der Waals surface area contributed by atoms with Gasteiger partial charge in [-0.1, -0.05) is 42.0 Å². The third-order valence-electron chi connectivity index (χ3n) is 8.12. The molecule has 1 N–H and O–H groups in total. The molecule has 15 nitrogen and oxygen atoms in total. The van der Waals surface area contributed by atoms with Gasteiger partial charge in [0, 0.05) is 5.56 Å². The van der Waals surface area contributed by atoms with Crippen LogP contribution in [0.4, 0.5) is 18.0 Å². The second kappa shape index (κ2) is 13.7. The van der Waals surface area contributed by atoms with Gasteiger partial charge >= 0.3 is 12.3 Å². The summed E-state index contributed by atoms with van der Waals surface area (Å²) in [7, 11) is -4.49. The summed E-state index contributed by atoms with van der Waals surface area (Å²) in [5.41, 5.74) is 0.862. The van der Waals surface area contributed by atoms with Crippen molar-refractivity contribution in [1.29, 1.82) is 0 Å². The quantitative estimate of drug-likeness (QED) is 0.103. The maximum atomic E-state index is 13.5. The van der Waals surface area contributed by atoms with Crippen molar-refractivity contribution in [3.63, 3.8) is 0 Å². The van der Waals surface area contributed by atoms with Gasteiger partial charge in [0.25, 0.3) is 21.8 Å². The van der Waals surface area contributed by atoms with E-state index in [1.54, 1.807) is 41.1 Å². The minimum absolute atomic E-state index is 0.0942. The second-order valence-electron chi connectivity index (χ2n) is 11.5. The number of hydrazine groups is 1. The van der Waals surface area contributed by atoms with Crippen LogP contribution in [0.2, 0.25) is 0 Å². The molecule has 0 spiro atoms. The Bertz CT molecular complexity index is 2090. The number of hydrogen-bond acceptors (Lipinski definition) is 10. The summed E-state index contributed by atoms with van der Waals surface area (Å²) in [5, 5.41) is 20.9. The monoisotopic (exact) mass is 727 g/mol. The Morgan fingerprint density at radius 2 is 1.69 bits per heavy atom. The van der Waals surface area contributed by atoms with E-state index in [9.17, 15) is 41.2 Å². The van der Waals surface area contributed by atoms with Crippen LogP contribution in [-0.2, 0) is 25.8 Å². The van der Waals surface area contributed by atoms with Gasteiger partial charge in [-0.3, -0.25) is 9.59 Å². The van der Waals surface area contributed by atoms with Gasteiger partial charge in [-0.15, -0.1) is 5.01 Å². The molecule has 0 unspecified atom stereocenters. The first kappa shape index (κ1) is 34.9. The number of aromatic nitrogens is 2. The first-order valence-corrected chi connectivity index (χ1v) is 16.8. The van der Waals surface area contributed by atoms with Crippen molar-refractivity contribution in [3.05, 3.63) is 106 Å². The van der Waals surface area contributed by atoms with E-state index >= 15 is 0 Å². The number of benzene rings is 3. The standard InChI is InChI=1S/C32H28F3N7O8S/c1-20-8-10-21(11-9-20)27-17-28(32(33,34)35)36-41(27)22-12-14-24(15-13-22)51(47,48)37-31(45)49-18-23-5-4-16-40(23)42(46)38-50-19-39-29(43)25-6-2-3-7-26(25)30(39)44/h2-3,6-15,17,23H,4-5,16,18-19H2,1H3,(H,37,45)/t23-/m0/s1. The van der Waals surface area contributed by atoms with Crippen molar-refractivity contribution in [3.8, 4) is 16.9 Å². The number of carbonyl (C=O) groups is 3. The number of amides is 3. The van der Waals surface area contributed by atoms with E-state index in [0.717, 1.165) is 38.4 Å². The van der Waals surface area contributed by atoms with Gasteiger partial charge in [0.15, 0.2) is 5.69 Å². The number of sulfonamides is 1. The number of imide groups is 1. The molecule has 3 heterocycles. The molecule has 19 heteroatoms. The topological polar surface area (TPSA) is 179 Å². The van der Waals surface area contributed by atoms with Crippen LogP contribution in [0.15, 0.2) is 89.0 Å². The number of fused-ring (bicyclic) bond motifs is 1. The van der Waals surface area contributed by atoms with Crippen molar-refractivity contribution < 1.29 is 50.5 Å². The van der Waals surface area contributed by atoms with E-state index in [-0.39, 0.29) is 38.9 Å². The Morgan fingerprint density at radius 3 is 2.31 bits per heavy atom. The molecule has 3 amide bonds. The highest BCUT2D eigenvalue weighted by molar-refractivity contribution is 7.90. The summed E-state index contributed by atoms with van der Waals surface area (Å²) >= 11 is 0. The number of aryl methyl sites for hydroxylation is 1. The lowest BCUT2D eigenvalue weighted by molar-refractivity contribution is -0.715. The predicted octanol–water partition coefficient (Wildman–Crippen LogP) is 4.81. The maximum absolute atomic E-state index is 13.5. The molecule has 4 aromatic rings. The van der Waals surface area contributed by atoms with Crippen LogP contribution in [0.1, 0.15) is 44.8 Å². The van der Waals surface area contributed by atoms with Crippen LogP contribution in [0.25, 0.3) is 16.9 Å². The van der Waals surface area contributed by atoms with Crippen molar-refractivity contribution in [2.24, 2.45) is 5.28 Å². The Kier molecular flexibility index (Phi) is 9.39. The van der Waals surface area contributed by atoms with Gasteiger partial charge in [-0.2, -0.15) is 18.3 Å². The summed E-state index contributed by atoms with van der Waals surface area (Å²) in [6, 6.07) is 17.8. The Labute approximate surface area is 288 Å². The zero-order valence-corrected chi connectivity index (χ0v) is 27.4. The van der Waals surface area contributed by atoms with E-state index in [2.05, 4.69) is 10.4 Å². The molecule has 3 aromatic carbocycles. The Morgan fingerprint density at radius 1 is 1.04 bits per heavy atom. The molecular weight excluding hydrogens is 699 g/mol. The maximum Gasteiger partial charge on any atom is 0.435 e. The molecule has 1 fully saturated rings. The van der Waals surface area contributed by atoms with E-state index < -0.39 is 59.2 Å². The fraction of sp³-hybridized carbons (Fsp3) is 0.250. The summed E-state index contributed by atoms with van der Waals surface area (Å²) < 4.78 is 74.4. The molecule has 51 heavy (non-hydrogen) atoms. The summed E-state index contributed by atoms with van der Waals surface area (Å²) in [6.07, 6.45) is -5.19. The molecule has 1 aromatic heterocycles. The van der Waals surface area contributed by atoms with Gasteiger partial charge in [0.05, 0.1) is 38.9 Å².